The highest BCUT2D eigenvalue weighted by molar-refractivity contribution is 6.30. The third kappa shape index (κ3) is 10.1. The van der Waals surface area contributed by atoms with Crippen molar-refractivity contribution in [3.05, 3.63) is 70.7 Å². The number of carboxylic acid groups (broad SMARTS) is 1. The van der Waals surface area contributed by atoms with Crippen LogP contribution in [0.2, 0.25) is 5.02 Å². The van der Waals surface area contributed by atoms with Crippen LogP contribution in [0.25, 0.3) is 0 Å². The Labute approximate surface area is 278 Å². The molecule has 1 aliphatic carbocycles. The van der Waals surface area contributed by atoms with Gasteiger partial charge in [0.05, 0.1) is 12.3 Å². The molecule has 11 nitrogen and oxygen atoms in total. The van der Waals surface area contributed by atoms with Gasteiger partial charge in [-0.25, -0.2) is 13.6 Å². The van der Waals surface area contributed by atoms with Gasteiger partial charge in [-0.2, -0.15) is 8.78 Å². The Morgan fingerprint density at radius 1 is 1.00 bits per heavy atom. The van der Waals surface area contributed by atoms with Crippen molar-refractivity contribution in [3.8, 4) is 0 Å². The van der Waals surface area contributed by atoms with Crippen molar-refractivity contribution in [2.45, 2.75) is 75.1 Å². The maximum absolute atomic E-state index is 15.8. The van der Waals surface area contributed by atoms with Crippen molar-refractivity contribution in [1.29, 1.82) is 0 Å². The van der Waals surface area contributed by atoms with Gasteiger partial charge in [0.15, 0.2) is 6.10 Å². The molecule has 0 bridgehead atoms. The molecule has 2 aromatic carbocycles. The first-order valence-corrected chi connectivity index (χ1v) is 15.7. The largest absolute Gasteiger partial charge is 0.481 e. The van der Waals surface area contributed by atoms with Gasteiger partial charge in [-0.1, -0.05) is 54.1 Å². The summed E-state index contributed by atoms with van der Waals surface area (Å²) in [6.45, 7) is 0.297. The Balaban J connectivity index is 1.58. The molecular formula is C32H35ClF4N4O7. The van der Waals surface area contributed by atoms with E-state index in [4.69, 9.17) is 16.3 Å². The highest BCUT2D eigenvalue weighted by Crippen LogP contribution is 2.43. The number of alkyl halides is 4. The Morgan fingerprint density at radius 3 is 2.29 bits per heavy atom. The minimum absolute atomic E-state index is 0.0197. The van der Waals surface area contributed by atoms with Gasteiger partial charge in [-0.15, -0.1) is 0 Å². The molecule has 1 aliphatic heterocycles. The van der Waals surface area contributed by atoms with Gasteiger partial charge in [0.1, 0.15) is 6.04 Å². The van der Waals surface area contributed by atoms with Crippen LogP contribution in [-0.4, -0.2) is 66.0 Å². The number of benzene rings is 2. The molecule has 2 unspecified atom stereocenters. The van der Waals surface area contributed by atoms with Gasteiger partial charge in [0, 0.05) is 41.6 Å². The molecule has 0 radical (unpaired) electrons. The molecule has 16 heteroatoms. The third-order valence-electron chi connectivity index (χ3n) is 8.06. The zero-order valence-corrected chi connectivity index (χ0v) is 26.2. The Hall–Kier alpha value is -4.40. The molecule has 1 saturated heterocycles. The molecule has 1 heterocycles. The number of hydrogen-bond acceptors (Lipinski definition) is 6. The molecule has 2 fully saturated rings. The van der Waals surface area contributed by atoms with E-state index in [2.05, 4.69) is 16.0 Å². The normalized spacial score (nSPS) is 18.6. The second-order valence-electron chi connectivity index (χ2n) is 11.8. The van der Waals surface area contributed by atoms with Crippen LogP contribution < -0.4 is 21.3 Å². The number of carbonyl (C=O) groups excluding carboxylic acids is 4. The summed E-state index contributed by atoms with van der Waals surface area (Å²) in [6, 6.07) is 7.99. The number of nitrogens with one attached hydrogen (secondary N) is 4. The Bertz CT molecular complexity index is 1480. The first kappa shape index (κ1) is 36.4. The molecule has 1 saturated carbocycles. The van der Waals surface area contributed by atoms with Gasteiger partial charge in [0.2, 0.25) is 24.1 Å². The first-order valence-electron chi connectivity index (χ1n) is 15.3. The lowest BCUT2D eigenvalue weighted by Gasteiger charge is -2.31. The van der Waals surface area contributed by atoms with Crippen LogP contribution >= 0.6 is 11.6 Å². The topological polar surface area (TPSA) is 163 Å². The lowest BCUT2D eigenvalue weighted by molar-refractivity contribution is -0.142. The standard InChI is InChI=1S/C32H35ClF4N4O7/c33-20-8-4-7-19(14-20)32(36,37)27(17-5-2-1-3-6-17)48-31(47)41-24(16-25(34)35)30(46)40-23(13-18-11-12-38-28(18)44)22(15-26(42)43)29(45)39-21-9-10-21/h1-8,14,18,21-25,27H,9-13,15-16H2,(H,38,44)(H,39,45)(H,40,46)(H,41,47)(H,42,43)/t18-,22?,23-,24-,27?/m0/s1. The third-order valence-corrected chi connectivity index (χ3v) is 8.29. The monoisotopic (exact) mass is 698 g/mol. The summed E-state index contributed by atoms with van der Waals surface area (Å²) in [5.41, 5.74) is -0.758. The van der Waals surface area contributed by atoms with E-state index in [1.54, 1.807) is 0 Å². The number of aliphatic carboxylic acids is 1. The minimum atomic E-state index is -3.88. The summed E-state index contributed by atoms with van der Waals surface area (Å²) in [6.07, 6.45) is -7.71. The van der Waals surface area contributed by atoms with Crippen molar-refractivity contribution in [2.75, 3.05) is 6.54 Å². The van der Waals surface area contributed by atoms with E-state index in [0.29, 0.717) is 25.8 Å². The number of amides is 4. The number of ether oxygens (including phenoxy) is 1. The van der Waals surface area contributed by atoms with Crippen LogP contribution in [0, 0.1) is 11.8 Å². The van der Waals surface area contributed by atoms with E-state index in [1.165, 1.54) is 42.5 Å². The fourth-order valence-corrected chi connectivity index (χ4v) is 5.63. The molecule has 260 valence electrons. The average Bonchev–Trinajstić information content (AvgIpc) is 3.76. The predicted octanol–water partition coefficient (Wildman–Crippen LogP) is 4.30. The maximum Gasteiger partial charge on any atom is 0.408 e. The lowest BCUT2D eigenvalue weighted by atomic mass is 9.86. The summed E-state index contributed by atoms with van der Waals surface area (Å²) >= 11 is 5.91. The van der Waals surface area contributed by atoms with Crippen LogP contribution in [0.3, 0.4) is 0 Å². The number of carbonyl (C=O) groups is 5. The number of carboxylic acids is 1. The quantitative estimate of drug-likeness (QED) is 0.163. The second-order valence-corrected chi connectivity index (χ2v) is 12.2. The van der Waals surface area contributed by atoms with Gasteiger partial charge in [-0.05, 0) is 43.4 Å². The van der Waals surface area contributed by atoms with E-state index >= 15 is 8.78 Å². The molecule has 0 spiro atoms. The summed E-state index contributed by atoms with van der Waals surface area (Å²) in [4.78, 5) is 63.8. The molecule has 2 aliphatic rings. The summed E-state index contributed by atoms with van der Waals surface area (Å²) in [7, 11) is 0. The molecule has 4 rings (SSSR count). The first-order chi connectivity index (χ1) is 22.7. The van der Waals surface area contributed by atoms with E-state index in [9.17, 15) is 37.9 Å². The predicted molar refractivity (Wildman–Crippen MR) is 163 cm³/mol. The van der Waals surface area contributed by atoms with Crippen molar-refractivity contribution in [3.63, 3.8) is 0 Å². The number of rotatable bonds is 16. The molecular weight excluding hydrogens is 664 g/mol. The second kappa shape index (κ2) is 16.1. The highest BCUT2D eigenvalue weighted by Gasteiger charge is 2.46. The van der Waals surface area contributed by atoms with Gasteiger partial charge >= 0.3 is 18.0 Å². The zero-order chi connectivity index (χ0) is 35.0. The summed E-state index contributed by atoms with van der Waals surface area (Å²) < 4.78 is 64.2. The van der Waals surface area contributed by atoms with Crippen molar-refractivity contribution >= 4 is 41.4 Å². The van der Waals surface area contributed by atoms with Gasteiger partial charge in [0.25, 0.3) is 0 Å². The van der Waals surface area contributed by atoms with Crippen LogP contribution in [-0.2, 0) is 29.8 Å². The van der Waals surface area contributed by atoms with Gasteiger partial charge < -0.3 is 31.1 Å². The SMILES string of the molecule is O=C(O)CC(C(=O)NC1CC1)[C@H](C[C@@H]1CCNC1=O)NC(=O)[C@H](CC(F)F)NC(=O)OC(c1ccccc1)C(F)(F)c1cccc(Cl)c1. The van der Waals surface area contributed by atoms with E-state index in [1.807, 2.05) is 5.32 Å². The Morgan fingerprint density at radius 2 is 1.71 bits per heavy atom. The highest BCUT2D eigenvalue weighted by atomic mass is 35.5. The lowest BCUT2D eigenvalue weighted by Crippen LogP contribution is -2.55. The molecule has 0 aromatic heterocycles. The van der Waals surface area contributed by atoms with Gasteiger partial charge in [-0.3, -0.25) is 19.2 Å². The zero-order valence-electron chi connectivity index (χ0n) is 25.5. The number of alkyl carbamates (subject to hydrolysis) is 1. The number of halogens is 5. The van der Waals surface area contributed by atoms with Crippen molar-refractivity contribution < 1.29 is 51.4 Å². The van der Waals surface area contributed by atoms with Crippen molar-refractivity contribution in [2.24, 2.45) is 11.8 Å². The van der Waals surface area contributed by atoms with Crippen molar-refractivity contribution in [1.82, 2.24) is 21.3 Å². The van der Waals surface area contributed by atoms with E-state index in [-0.39, 0.29) is 23.0 Å². The van der Waals surface area contributed by atoms with Crippen LogP contribution in [0.4, 0.5) is 22.4 Å². The number of hydrogen-bond donors (Lipinski definition) is 5. The molecule has 48 heavy (non-hydrogen) atoms. The molecule has 4 amide bonds. The van der Waals surface area contributed by atoms with Crippen LogP contribution in [0.15, 0.2) is 54.6 Å². The van der Waals surface area contributed by atoms with Crippen LogP contribution in [0.5, 0.6) is 0 Å². The molecule has 5 N–H and O–H groups in total. The maximum atomic E-state index is 15.8. The molecule has 5 atom stereocenters. The average molecular weight is 699 g/mol. The molecule has 2 aromatic rings. The summed E-state index contributed by atoms with van der Waals surface area (Å²) in [5.74, 6) is -9.77. The summed E-state index contributed by atoms with van der Waals surface area (Å²) in [5, 5.41) is 19.1. The fourth-order valence-electron chi connectivity index (χ4n) is 5.44. The van der Waals surface area contributed by atoms with E-state index in [0.717, 1.165) is 12.1 Å². The fraction of sp³-hybridized carbons (Fsp3) is 0.469. The Kier molecular flexibility index (Phi) is 12.2. The van der Waals surface area contributed by atoms with E-state index < -0.39 is 90.6 Å². The van der Waals surface area contributed by atoms with Crippen LogP contribution in [0.1, 0.15) is 55.8 Å². The minimum Gasteiger partial charge on any atom is -0.481 e. The smallest absolute Gasteiger partial charge is 0.408 e.